The fourth-order valence-electron chi connectivity index (χ4n) is 1.09. The van der Waals surface area contributed by atoms with E-state index in [4.69, 9.17) is 16.9 Å². The standard InChI is InChI=1S/C11H12N2O3/c1-4-11(2,3)16-10-6-8(12)5-9(7-10)13(14)15/h1,5-7H,12H2,2-3H3. The van der Waals surface area contributed by atoms with Crippen LogP contribution in [0.3, 0.4) is 0 Å². The predicted octanol–water partition coefficient (Wildman–Crippen LogP) is 1.97. The minimum Gasteiger partial charge on any atom is -0.475 e. The third kappa shape index (κ3) is 2.89. The van der Waals surface area contributed by atoms with Gasteiger partial charge < -0.3 is 10.5 Å². The third-order valence-electron chi connectivity index (χ3n) is 1.85. The Morgan fingerprint density at radius 2 is 2.12 bits per heavy atom. The zero-order valence-electron chi connectivity index (χ0n) is 9.06. The lowest BCUT2D eigenvalue weighted by molar-refractivity contribution is -0.384. The lowest BCUT2D eigenvalue weighted by Crippen LogP contribution is -2.25. The highest BCUT2D eigenvalue weighted by Crippen LogP contribution is 2.26. The van der Waals surface area contributed by atoms with Gasteiger partial charge in [0.1, 0.15) is 5.75 Å². The summed E-state index contributed by atoms with van der Waals surface area (Å²) >= 11 is 0. The average Bonchev–Trinajstić information content (AvgIpc) is 2.16. The number of hydrogen-bond acceptors (Lipinski definition) is 4. The smallest absolute Gasteiger partial charge is 0.275 e. The first-order valence-corrected chi connectivity index (χ1v) is 4.56. The number of nitrogens with two attached hydrogens (primary N) is 1. The van der Waals surface area contributed by atoms with Crippen LogP contribution in [0.15, 0.2) is 18.2 Å². The molecule has 0 saturated carbocycles. The van der Waals surface area contributed by atoms with Crippen molar-refractivity contribution >= 4 is 11.4 Å². The van der Waals surface area contributed by atoms with Crippen LogP contribution in [0.2, 0.25) is 0 Å². The summed E-state index contributed by atoms with van der Waals surface area (Å²) in [5.41, 5.74) is 4.83. The number of nitrogen functional groups attached to an aromatic ring is 1. The Morgan fingerprint density at radius 1 is 1.50 bits per heavy atom. The third-order valence-corrected chi connectivity index (χ3v) is 1.85. The van der Waals surface area contributed by atoms with Crippen LogP contribution in [0.25, 0.3) is 0 Å². The lowest BCUT2D eigenvalue weighted by Gasteiger charge is -2.20. The summed E-state index contributed by atoms with van der Waals surface area (Å²) in [6.07, 6.45) is 5.25. The van der Waals surface area contributed by atoms with Gasteiger partial charge >= 0.3 is 0 Å². The Kier molecular flexibility index (Phi) is 3.04. The van der Waals surface area contributed by atoms with Gasteiger partial charge in [0, 0.05) is 17.8 Å². The number of non-ortho nitro benzene ring substituents is 1. The molecule has 0 radical (unpaired) electrons. The molecular weight excluding hydrogens is 208 g/mol. The monoisotopic (exact) mass is 220 g/mol. The van der Waals surface area contributed by atoms with Crippen molar-refractivity contribution in [2.24, 2.45) is 0 Å². The van der Waals surface area contributed by atoms with E-state index in [-0.39, 0.29) is 17.1 Å². The molecular formula is C11H12N2O3. The summed E-state index contributed by atoms with van der Waals surface area (Å²) in [5.74, 6) is 2.71. The molecule has 1 aromatic carbocycles. The highest BCUT2D eigenvalue weighted by molar-refractivity contribution is 5.53. The zero-order chi connectivity index (χ0) is 12.3. The Morgan fingerprint density at radius 3 is 2.62 bits per heavy atom. The van der Waals surface area contributed by atoms with Gasteiger partial charge in [0.2, 0.25) is 0 Å². The minimum absolute atomic E-state index is 0.122. The van der Waals surface area contributed by atoms with Gasteiger partial charge in [0.15, 0.2) is 5.60 Å². The maximum absolute atomic E-state index is 10.6. The summed E-state index contributed by atoms with van der Waals surface area (Å²) in [5, 5.41) is 10.6. The molecule has 0 aromatic heterocycles. The Bertz CT molecular complexity index is 461. The highest BCUT2D eigenvalue weighted by Gasteiger charge is 2.18. The fourth-order valence-corrected chi connectivity index (χ4v) is 1.09. The minimum atomic E-state index is -0.832. The van der Waals surface area contributed by atoms with E-state index in [0.717, 1.165) is 0 Å². The van der Waals surface area contributed by atoms with E-state index in [1.54, 1.807) is 13.8 Å². The first-order valence-electron chi connectivity index (χ1n) is 4.56. The second kappa shape index (κ2) is 4.11. The van der Waals surface area contributed by atoms with E-state index >= 15 is 0 Å². The molecule has 16 heavy (non-hydrogen) atoms. The second-order valence-electron chi connectivity index (χ2n) is 3.77. The molecule has 0 unspecified atom stereocenters. The molecule has 5 heteroatoms. The average molecular weight is 220 g/mol. The largest absolute Gasteiger partial charge is 0.475 e. The van der Waals surface area contributed by atoms with Crippen molar-refractivity contribution in [1.82, 2.24) is 0 Å². The van der Waals surface area contributed by atoms with Crippen molar-refractivity contribution in [3.8, 4) is 18.1 Å². The summed E-state index contributed by atoms with van der Waals surface area (Å²) < 4.78 is 5.40. The quantitative estimate of drug-likeness (QED) is 0.365. The summed E-state index contributed by atoms with van der Waals surface area (Å²) in [6.45, 7) is 3.37. The van der Waals surface area contributed by atoms with Crippen LogP contribution in [0, 0.1) is 22.5 Å². The number of terminal acetylenes is 1. The van der Waals surface area contributed by atoms with E-state index in [1.165, 1.54) is 18.2 Å². The number of nitrogens with zero attached hydrogens (tertiary/aromatic N) is 1. The van der Waals surface area contributed by atoms with Crippen LogP contribution in [0.1, 0.15) is 13.8 Å². The van der Waals surface area contributed by atoms with Crippen molar-refractivity contribution in [1.29, 1.82) is 0 Å². The predicted molar refractivity (Wildman–Crippen MR) is 61.0 cm³/mol. The zero-order valence-corrected chi connectivity index (χ0v) is 9.06. The topological polar surface area (TPSA) is 78.4 Å². The van der Waals surface area contributed by atoms with Gasteiger partial charge in [-0.3, -0.25) is 10.1 Å². The maximum Gasteiger partial charge on any atom is 0.275 e. The molecule has 5 nitrogen and oxygen atoms in total. The van der Waals surface area contributed by atoms with Crippen molar-refractivity contribution in [3.05, 3.63) is 28.3 Å². The van der Waals surface area contributed by atoms with Crippen LogP contribution in [-0.4, -0.2) is 10.5 Å². The molecule has 1 aromatic rings. The summed E-state index contributed by atoms with van der Waals surface area (Å²) in [7, 11) is 0. The van der Waals surface area contributed by atoms with Crippen molar-refractivity contribution in [2.75, 3.05) is 5.73 Å². The number of nitro benzene ring substituents is 1. The molecule has 0 saturated heterocycles. The molecule has 0 atom stereocenters. The summed E-state index contributed by atoms with van der Waals surface area (Å²) in [6, 6.07) is 4.04. The Balaban J connectivity index is 3.07. The van der Waals surface area contributed by atoms with Crippen molar-refractivity contribution in [2.45, 2.75) is 19.4 Å². The molecule has 84 valence electrons. The van der Waals surface area contributed by atoms with Crippen molar-refractivity contribution < 1.29 is 9.66 Å². The molecule has 2 N–H and O–H groups in total. The van der Waals surface area contributed by atoms with Gasteiger partial charge in [0.05, 0.1) is 11.0 Å². The molecule has 0 amide bonds. The van der Waals surface area contributed by atoms with Crippen LogP contribution >= 0.6 is 0 Å². The van der Waals surface area contributed by atoms with E-state index in [0.29, 0.717) is 0 Å². The van der Waals surface area contributed by atoms with E-state index in [1.807, 2.05) is 0 Å². The second-order valence-corrected chi connectivity index (χ2v) is 3.77. The Hall–Kier alpha value is -2.22. The first kappa shape index (κ1) is 11.9. The molecule has 0 aliphatic carbocycles. The van der Waals surface area contributed by atoms with Crippen LogP contribution in [0.5, 0.6) is 5.75 Å². The number of hydrogen-bond donors (Lipinski definition) is 1. The molecule has 0 aliphatic rings. The fraction of sp³-hybridized carbons (Fsp3) is 0.273. The lowest BCUT2D eigenvalue weighted by atomic mass is 10.1. The maximum atomic E-state index is 10.6. The number of benzene rings is 1. The van der Waals surface area contributed by atoms with Gasteiger partial charge in [-0.25, -0.2) is 0 Å². The SMILES string of the molecule is C#CC(C)(C)Oc1cc(N)cc([N+](=O)[O-])c1. The van der Waals surface area contributed by atoms with E-state index in [2.05, 4.69) is 5.92 Å². The van der Waals surface area contributed by atoms with Crippen LogP contribution in [-0.2, 0) is 0 Å². The first-order chi connectivity index (χ1) is 7.34. The van der Waals surface area contributed by atoms with Gasteiger partial charge in [-0.15, -0.1) is 6.42 Å². The molecule has 0 bridgehead atoms. The van der Waals surface area contributed by atoms with Gasteiger partial charge in [-0.05, 0) is 13.8 Å². The van der Waals surface area contributed by atoms with Gasteiger partial charge in [-0.2, -0.15) is 0 Å². The summed E-state index contributed by atoms with van der Waals surface area (Å²) in [4.78, 5) is 10.1. The molecule has 0 aliphatic heterocycles. The van der Waals surface area contributed by atoms with Crippen LogP contribution < -0.4 is 10.5 Å². The van der Waals surface area contributed by atoms with Crippen molar-refractivity contribution in [3.63, 3.8) is 0 Å². The Labute approximate surface area is 93.4 Å². The molecule has 0 heterocycles. The molecule has 0 spiro atoms. The number of nitro groups is 1. The number of anilines is 1. The van der Waals surface area contributed by atoms with Gasteiger partial charge in [0.25, 0.3) is 5.69 Å². The van der Waals surface area contributed by atoms with Gasteiger partial charge in [-0.1, -0.05) is 5.92 Å². The highest BCUT2D eigenvalue weighted by atomic mass is 16.6. The molecule has 1 rings (SSSR count). The number of rotatable bonds is 3. The van der Waals surface area contributed by atoms with E-state index < -0.39 is 10.5 Å². The normalized spacial score (nSPS) is 10.6. The molecule has 0 fully saturated rings. The number of ether oxygens (including phenoxy) is 1. The van der Waals surface area contributed by atoms with E-state index in [9.17, 15) is 10.1 Å². The van der Waals surface area contributed by atoms with Crippen LogP contribution in [0.4, 0.5) is 11.4 Å².